The maximum absolute atomic E-state index is 13.0. The summed E-state index contributed by atoms with van der Waals surface area (Å²) >= 11 is 0. The molecule has 0 bridgehead atoms. The minimum Gasteiger partial charge on any atom is -0.368 e. The molecule has 2 amide bonds. The highest BCUT2D eigenvalue weighted by atomic mass is 19.4. The number of halogens is 3. The van der Waals surface area contributed by atoms with E-state index in [0.29, 0.717) is 16.9 Å². The van der Waals surface area contributed by atoms with Crippen molar-refractivity contribution >= 4 is 22.8 Å². The van der Waals surface area contributed by atoms with Crippen LogP contribution in [0.5, 0.6) is 0 Å². The molecule has 4 N–H and O–H groups in total. The molecule has 0 saturated carbocycles. The van der Waals surface area contributed by atoms with E-state index in [9.17, 15) is 22.8 Å². The van der Waals surface area contributed by atoms with E-state index in [-0.39, 0.29) is 17.5 Å². The van der Waals surface area contributed by atoms with Gasteiger partial charge in [0.15, 0.2) is 0 Å². The summed E-state index contributed by atoms with van der Waals surface area (Å²) in [6, 6.07) is 11.8. The molecule has 4 aromatic rings. The molecular formula is C23H18F3N5O2. The molecule has 0 aliphatic carbocycles. The van der Waals surface area contributed by atoms with Crippen molar-refractivity contribution in [2.75, 3.05) is 0 Å². The van der Waals surface area contributed by atoms with Crippen LogP contribution in [0.3, 0.4) is 0 Å². The Morgan fingerprint density at radius 2 is 1.79 bits per heavy atom. The van der Waals surface area contributed by atoms with Gasteiger partial charge in [0.05, 0.1) is 16.6 Å². The van der Waals surface area contributed by atoms with Crippen LogP contribution in [-0.2, 0) is 17.4 Å². The average Bonchev–Trinajstić information content (AvgIpc) is 3.23. The Bertz CT molecular complexity index is 1320. The van der Waals surface area contributed by atoms with Crippen molar-refractivity contribution in [1.29, 1.82) is 0 Å². The zero-order valence-electron chi connectivity index (χ0n) is 17.1. The minimum absolute atomic E-state index is 0.191. The highest BCUT2D eigenvalue weighted by Gasteiger charge is 2.31. The van der Waals surface area contributed by atoms with Crippen LogP contribution in [0.4, 0.5) is 13.2 Å². The maximum atomic E-state index is 13.0. The normalized spacial score (nSPS) is 12.5. The van der Waals surface area contributed by atoms with Crippen molar-refractivity contribution in [3.05, 3.63) is 83.7 Å². The first-order chi connectivity index (χ1) is 15.7. The third kappa shape index (κ3) is 4.84. The molecule has 1 atom stereocenters. The van der Waals surface area contributed by atoms with E-state index >= 15 is 0 Å². The minimum atomic E-state index is -4.52. The van der Waals surface area contributed by atoms with Crippen molar-refractivity contribution in [3.8, 4) is 11.4 Å². The van der Waals surface area contributed by atoms with Crippen LogP contribution in [-0.4, -0.2) is 32.8 Å². The van der Waals surface area contributed by atoms with E-state index in [0.717, 1.165) is 17.7 Å². The molecule has 0 aliphatic rings. The van der Waals surface area contributed by atoms with E-state index in [1.54, 1.807) is 36.7 Å². The average molecular weight is 453 g/mol. The summed E-state index contributed by atoms with van der Waals surface area (Å²) in [5.41, 5.74) is 6.73. The summed E-state index contributed by atoms with van der Waals surface area (Å²) in [6.45, 7) is 0. The Morgan fingerprint density at radius 1 is 1.06 bits per heavy atom. The number of fused-ring (bicyclic) bond motifs is 1. The summed E-state index contributed by atoms with van der Waals surface area (Å²) in [5.74, 6) is -0.959. The lowest BCUT2D eigenvalue weighted by molar-refractivity contribution is -0.137. The van der Waals surface area contributed by atoms with Gasteiger partial charge in [0.2, 0.25) is 5.91 Å². The molecule has 168 valence electrons. The van der Waals surface area contributed by atoms with Gasteiger partial charge in [0.1, 0.15) is 17.4 Å². The number of imidazole rings is 1. The van der Waals surface area contributed by atoms with Gasteiger partial charge in [-0.15, -0.1) is 0 Å². The van der Waals surface area contributed by atoms with E-state index < -0.39 is 29.6 Å². The number of nitrogens with zero attached hydrogens (tertiary/aromatic N) is 2. The van der Waals surface area contributed by atoms with Crippen LogP contribution in [0, 0.1) is 0 Å². The van der Waals surface area contributed by atoms with Gasteiger partial charge in [-0.2, -0.15) is 13.2 Å². The zero-order valence-corrected chi connectivity index (χ0v) is 17.1. The molecule has 0 saturated heterocycles. The van der Waals surface area contributed by atoms with Crippen LogP contribution >= 0.6 is 0 Å². The maximum Gasteiger partial charge on any atom is 0.416 e. The van der Waals surface area contributed by atoms with Crippen molar-refractivity contribution in [1.82, 2.24) is 20.3 Å². The lowest BCUT2D eigenvalue weighted by Crippen LogP contribution is -2.45. The smallest absolute Gasteiger partial charge is 0.368 e. The van der Waals surface area contributed by atoms with E-state index in [1.165, 1.54) is 18.2 Å². The summed E-state index contributed by atoms with van der Waals surface area (Å²) in [7, 11) is 0. The molecule has 0 aliphatic heterocycles. The molecule has 4 rings (SSSR count). The number of hydrogen-bond donors (Lipinski definition) is 3. The van der Waals surface area contributed by atoms with Crippen LogP contribution < -0.4 is 11.1 Å². The molecule has 2 aromatic carbocycles. The van der Waals surface area contributed by atoms with Gasteiger partial charge >= 0.3 is 6.18 Å². The fraction of sp³-hybridized carbons (Fsp3) is 0.130. The molecule has 10 heteroatoms. The van der Waals surface area contributed by atoms with E-state index in [1.807, 2.05) is 0 Å². The Labute approximate surface area is 185 Å². The lowest BCUT2D eigenvalue weighted by atomic mass is 10.0. The number of nitrogens with two attached hydrogens (primary N) is 1. The number of para-hydroxylation sites is 1. The molecule has 2 heterocycles. The first kappa shape index (κ1) is 22.0. The van der Waals surface area contributed by atoms with Gasteiger partial charge in [-0.25, -0.2) is 4.98 Å². The number of nitrogens with one attached hydrogen (secondary N) is 2. The second-order valence-corrected chi connectivity index (χ2v) is 7.35. The molecule has 0 radical (unpaired) electrons. The molecule has 0 fully saturated rings. The topological polar surface area (TPSA) is 114 Å². The van der Waals surface area contributed by atoms with Crippen molar-refractivity contribution in [2.45, 2.75) is 18.6 Å². The van der Waals surface area contributed by atoms with Gasteiger partial charge in [-0.05, 0) is 35.9 Å². The Morgan fingerprint density at radius 3 is 2.48 bits per heavy atom. The third-order valence-electron chi connectivity index (χ3n) is 5.05. The summed E-state index contributed by atoms with van der Waals surface area (Å²) in [5, 5.41) is 2.52. The van der Waals surface area contributed by atoms with Crippen LogP contribution in [0.25, 0.3) is 22.4 Å². The largest absolute Gasteiger partial charge is 0.416 e. The predicted molar refractivity (Wildman–Crippen MR) is 115 cm³/mol. The second kappa shape index (κ2) is 8.73. The first-order valence-electron chi connectivity index (χ1n) is 9.88. The number of carbonyl (C=O) groups excluding carboxylic acids is 2. The Kier molecular flexibility index (Phi) is 5.82. The quantitative estimate of drug-likeness (QED) is 0.415. The third-order valence-corrected chi connectivity index (χ3v) is 5.05. The van der Waals surface area contributed by atoms with Crippen molar-refractivity contribution in [2.24, 2.45) is 5.73 Å². The summed E-state index contributed by atoms with van der Waals surface area (Å²) in [6.07, 6.45) is -1.49. The molecule has 33 heavy (non-hydrogen) atoms. The van der Waals surface area contributed by atoms with Crippen molar-refractivity contribution in [3.63, 3.8) is 0 Å². The predicted octanol–water partition coefficient (Wildman–Crippen LogP) is 3.47. The number of alkyl halides is 3. The summed E-state index contributed by atoms with van der Waals surface area (Å²) in [4.78, 5) is 36.5. The molecule has 0 unspecified atom stereocenters. The number of hydrogen-bond acceptors (Lipinski definition) is 4. The zero-order chi connectivity index (χ0) is 23.6. The standard InChI is InChI=1S/C23H18F3N5O2/c24-23(25,26)15-4-1-3-13(11-15)12-18(20(27)32)30-22(33)16-5-2-6-17-19(16)31-21(29-17)14-7-9-28-10-8-14/h1-11,18H,12H2,(H2,27,32)(H,29,31)(H,30,33)/t18-/m1/s1. The lowest BCUT2D eigenvalue weighted by Gasteiger charge is -2.17. The first-order valence-corrected chi connectivity index (χ1v) is 9.88. The number of amides is 2. The number of rotatable bonds is 6. The number of carbonyl (C=O) groups is 2. The Balaban J connectivity index is 1.59. The number of benzene rings is 2. The van der Waals surface area contributed by atoms with Gasteiger partial charge in [0, 0.05) is 24.4 Å². The molecular weight excluding hydrogens is 435 g/mol. The van der Waals surface area contributed by atoms with Crippen molar-refractivity contribution < 1.29 is 22.8 Å². The van der Waals surface area contributed by atoms with Crippen LogP contribution in [0.1, 0.15) is 21.5 Å². The van der Waals surface area contributed by atoms with Gasteiger partial charge in [0.25, 0.3) is 5.91 Å². The van der Waals surface area contributed by atoms with Gasteiger partial charge in [-0.3, -0.25) is 14.6 Å². The SMILES string of the molecule is NC(=O)[C@@H](Cc1cccc(C(F)(F)F)c1)NC(=O)c1cccc2[nH]c(-c3ccncc3)nc12. The molecule has 7 nitrogen and oxygen atoms in total. The van der Waals surface area contributed by atoms with Gasteiger partial charge in [-0.1, -0.05) is 24.3 Å². The van der Waals surface area contributed by atoms with E-state index in [2.05, 4.69) is 20.3 Å². The molecule has 0 spiro atoms. The number of pyridine rings is 1. The second-order valence-electron chi connectivity index (χ2n) is 7.35. The highest BCUT2D eigenvalue weighted by Crippen LogP contribution is 2.30. The van der Waals surface area contributed by atoms with Crippen LogP contribution in [0.15, 0.2) is 67.0 Å². The number of aromatic amines is 1. The number of aromatic nitrogens is 3. The number of H-pyrrole nitrogens is 1. The fourth-order valence-corrected chi connectivity index (χ4v) is 3.43. The molecule has 2 aromatic heterocycles. The van der Waals surface area contributed by atoms with E-state index in [4.69, 9.17) is 5.73 Å². The Hall–Kier alpha value is -4.21. The summed E-state index contributed by atoms with van der Waals surface area (Å²) < 4.78 is 39.0. The van der Waals surface area contributed by atoms with Gasteiger partial charge < -0.3 is 16.0 Å². The van der Waals surface area contributed by atoms with Crippen LogP contribution in [0.2, 0.25) is 0 Å². The fourth-order valence-electron chi connectivity index (χ4n) is 3.43. The highest BCUT2D eigenvalue weighted by molar-refractivity contribution is 6.06. The monoisotopic (exact) mass is 453 g/mol. The number of primary amides is 1.